The summed E-state index contributed by atoms with van der Waals surface area (Å²) in [6.07, 6.45) is -4.80. The molecule has 0 unspecified atom stereocenters. The number of nitro benzene ring substituents is 1. The molecule has 1 aromatic heterocycles. The number of aromatic nitrogens is 2. The van der Waals surface area contributed by atoms with Gasteiger partial charge in [0, 0.05) is 12.1 Å². The van der Waals surface area contributed by atoms with Crippen molar-refractivity contribution in [2.75, 3.05) is 0 Å². The first-order valence-corrected chi connectivity index (χ1v) is 9.79. The molecule has 2 aromatic carbocycles. The number of hydrogen-bond acceptors (Lipinski definition) is 5. The quantitative estimate of drug-likeness (QED) is 0.404. The molecule has 1 N–H and O–H groups in total. The second-order valence-corrected chi connectivity index (χ2v) is 7.55. The Morgan fingerprint density at radius 1 is 1.19 bits per heavy atom. The maximum atomic E-state index is 13.1. The highest BCUT2D eigenvalue weighted by atomic mass is 79.9. The largest absolute Gasteiger partial charge is 0.416 e. The minimum Gasteiger partial charge on any atom is -0.344 e. The minimum atomic E-state index is -4.80. The van der Waals surface area contributed by atoms with E-state index >= 15 is 0 Å². The molecule has 1 atom stereocenters. The molecule has 166 valence electrons. The Kier molecular flexibility index (Phi) is 6.44. The highest BCUT2D eigenvalue weighted by Crippen LogP contribution is 2.34. The predicted octanol–water partition coefficient (Wildman–Crippen LogP) is 4.41. The number of amides is 1. The Balaban J connectivity index is 1.94. The van der Waals surface area contributed by atoms with Crippen molar-refractivity contribution in [2.24, 2.45) is 0 Å². The number of halogens is 4. The number of carbonyl (C=O) groups is 1. The van der Waals surface area contributed by atoms with Crippen LogP contribution in [0.15, 0.2) is 63.9 Å². The van der Waals surface area contributed by atoms with Crippen LogP contribution in [-0.4, -0.2) is 20.6 Å². The summed E-state index contributed by atoms with van der Waals surface area (Å²) < 4.78 is 40.4. The molecule has 1 amide bonds. The van der Waals surface area contributed by atoms with Gasteiger partial charge in [-0.3, -0.25) is 19.7 Å². The van der Waals surface area contributed by atoms with Crippen molar-refractivity contribution in [1.29, 1.82) is 0 Å². The molecule has 0 spiro atoms. The van der Waals surface area contributed by atoms with E-state index in [2.05, 4.69) is 26.3 Å². The molecule has 0 saturated carbocycles. The topological polar surface area (TPSA) is 107 Å². The van der Waals surface area contributed by atoms with E-state index in [0.717, 1.165) is 16.8 Å². The average Bonchev–Trinajstić information content (AvgIpc) is 2.75. The maximum absolute atomic E-state index is 13.1. The molecule has 1 heterocycles. The van der Waals surface area contributed by atoms with Crippen LogP contribution < -0.4 is 10.9 Å². The maximum Gasteiger partial charge on any atom is 0.416 e. The van der Waals surface area contributed by atoms with E-state index in [-0.39, 0.29) is 15.7 Å². The first-order chi connectivity index (χ1) is 15.0. The second-order valence-electron chi connectivity index (χ2n) is 6.69. The average molecular weight is 511 g/mol. The van der Waals surface area contributed by atoms with E-state index in [4.69, 9.17) is 0 Å². The fourth-order valence-electron chi connectivity index (χ4n) is 2.83. The van der Waals surface area contributed by atoms with E-state index in [1.54, 1.807) is 30.3 Å². The summed E-state index contributed by atoms with van der Waals surface area (Å²) >= 11 is 3.08. The fraction of sp³-hybridized carbons (Fsp3) is 0.150. The van der Waals surface area contributed by atoms with E-state index < -0.39 is 39.9 Å². The van der Waals surface area contributed by atoms with Crippen molar-refractivity contribution in [3.8, 4) is 5.69 Å². The molecule has 3 aromatic rings. The lowest BCUT2D eigenvalue weighted by atomic mass is 10.0. The van der Waals surface area contributed by atoms with Crippen LogP contribution in [-0.2, 0) is 6.18 Å². The molecule has 3 rings (SSSR count). The first kappa shape index (κ1) is 23.1. The molecule has 0 aliphatic heterocycles. The van der Waals surface area contributed by atoms with Crippen molar-refractivity contribution < 1.29 is 22.9 Å². The third-order valence-corrected chi connectivity index (χ3v) is 5.00. The van der Waals surface area contributed by atoms with Gasteiger partial charge in [0.25, 0.3) is 17.2 Å². The lowest BCUT2D eigenvalue weighted by Gasteiger charge is -2.16. The summed E-state index contributed by atoms with van der Waals surface area (Å²) in [4.78, 5) is 35.2. The van der Waals surface area contributed by atoms with E-state index in [0.29, 0.717) is 11.8 Å². The summed E-state index contributed by atoms with van der Waals surface area (Å²) in [6, 6.07) is 10.5. The number of rotatable bonds is 5. The minimum absolute atomic E-state index is 0.0452. The van der Waals surface area contributed by atoms with Crippen LogP contribution in [0, 0.1) is 10.1 Å². The number of para-hydroxylation sites is 1. The van der Waals surface area contributed by atoms with Crippen LogP contribution >= 0.6 is 15.9 Å². The van der Waals surface area contributed by atoms with Gasteiger partial charge in [-0.2, -0.15) is 23.0 Å². The Hall–Kier alpha value is -3.54. The summed E-state index contributed by atoms with van der Waals surface area (Å²) in [5.74, 6) is -0.789. The zero-order valence-electron chi connectivity index (χ0n) is 16.3. The van der Waals surface area contributed by atoms with Crippen LogP contribution in [0.3, 0.4) is 0 Å². The third kappa shape index (κ3) is 5.02. The van der Waals surface area contributed by atoms with Gasteiger partial charge in [0.05, 0.1) is 26.7 Å². The number of alkyl halides is 3. The Labute approximate surface area is 187 Å². The van der Waals surface area contributed by atoms with E-state index in [1.165, 1.54) is 13.0 Å². The smallest absolute Gasteiger partial charge is 0.344 e. The standard InChI is InChI=1S/C20H14BrF3N4O4/c1-11(12-7-13(20(22,23)24)9-15(8-12)28(31)32)25-18(29)17-10-16(21)19(30)27(26-17)14-5-3-2-4-6-14/h2-11H,1H3,(H,25,29)/t11-/m1/s1. The number of hydrogen-bond donors (Lipinski definition) is 1. The van der Waals surface area contributed by atoms with Crippen LogP contribution in [0.25, 0.3) is 5.69 Å². The van der Waals surface area contributed by atoms with Gasteiger partial charge in [-0.15, -0.1) is 0 Å². The van der Waals surface area contributed by atoms with Gasteiger partial charge in [-0.25, -0.2) is 0 Å². The first-order valence-electron chi connectivity index (χ1n) is 9.00. The van der Waals surface area contributed by atoms with E-state index in [9.17, 15) is 32.9 Å². The Morgan fingerprint density at radius 2 is 1.84 bits per heavy atom. The van der Waals surface area contributed by atoms with Crippen molar-refractivity contribution >= 4 is 27.5 Å². The molecule has 0 saturated heterocycles. The molecule has 8 nitrogen and oxygen atoms in total. The fourth-order valence-corrected chi connectivity index (χ4v) is 3.21. The number of non-ortho nitro benzene ring substituents is 1. The molecule has 0 bridgehead atoms. The van der Waals surface area contributed by atoms with Crippen LogP contribution in [0.4, 0.5) is 18.9 Å². The lowest BCUT2D eigenvalue weighted by Crippen LogP contribution is -2.31. The van der Waals surface area contributed by atoms with Gasteiger partial charge in [-0.05, 0) is 52.7 Å². The van der Waals surface area contributed by atoms with Crippen LogP contribution in [0.2, 0.25) is 0 Å². The Bertz CT molecular complexity index is 1250. The summed E-state index contributed by atoms with van der Waals surface area (Å²) in [7, 11) is 0. The summed E-state index contributed by atoms with van der Waals surface area (Å²) in [5.41, 5.74) is -2.39. The SMILES string of the molecule is C[C@@H](NC(=O)c1cc(Br)c(=O)n(-c2ccccc2)n1)c1cc([N+](=O)[O-])cc(C(F)(F)F)c1. The molecule has 32 heavy (non-hydrogen) atoms. The number of nitro groups is 1. The molecule has 0 aliphatic carbocycles. The highest BCUT2D eigenvalue weighted by Gasteiger charge is 2.33. The van der Waals surface area contributed by atoms with Crippen molar-refractivity contribution in [3.63, 3.8) is 0 Å². The third-order valence-electron chi connectivity index (χ3n) is 4.43. The predicted molar refractivity (Wildman–Crippen MR) is 112 cm³/mol. The van der Waals surface area contributed by atoms with Gasteiger partial charge in [-0.1, -0.05) is 18.2 Å². The molecule has 0 radical (unpaired) electrons. The summed E-state index contributed by atoms with van der Waals surface area (Å²) in [6.45, 7) is 1.37. The van der Waals surface area contributed by atoms with Gasteiger partial charge >= 0.3 is 6.18 Å². The lowest BCUT2D eigenvalue weighted by molar-refractivity contribution is -0.385. The normalized spacial score (nSPS) is 12.3. The van der Waals surface area contributed by atoms with Crippen LogP contribution in [0.5, 0.6) is 0 Å². The molecular weight excluding hydrogens is 497 g/mol. The zero-order chi connectivity index (χ0) is 23.6. The highest BCUT2D eigenvalue weighted by molar-refractivity contribution is 9.10. The molecule has 0 fully saturated rings. The molecule has 12 heteroatoms. The van der Waals surface area contributed by atoms with Gasteiger partial charge in [0.15, 0.2) is 5.69 Å². The second kappa shape index (κ2) is 8.91. The number of carbonyl (C=O) groups excluding carboxylic acids is 1. The monoisotopic (exact) mass is 510 g/mol. The van der Waals surface area contributed by atoms with Crippen LogP contribution in [0.1, 0.15) is 34.6 Å². The number of nitrogens with zero attached hydrogens (tertiary/aromatic N) is 3. The van der Waals surface area contributed by atoms with Gasteiger partial charge in [0.1, 0.15) is 0 Å². The van der Waals surface area contributed by atoms with Crippen molar-refractivity contribution in [3.05, 3.63) is 96.4 Å². The summed E-state index contributed by atoms with van der Waals surface area (Å²) in [5, 5.41) is 17.5. The van der Waals surface area contributed by atoms with E-state index in [1.807, 2.05) is 0 Å². The molecule has 0 aliphatic rings. The van der Waals surface area contributed by atoms with Crippen molar-refractivity contribution in [1.82, 2.24) is 15.1 Å². The Morgan fingerprint density at radius 3 is 2.44 bits per heavy atom. The number of benzene rings is 2. The van der Waals surface area contributed by atoms with Crippen molar-refractivity contribution in [2.45, 2.75) is 19.1 Å². The molecular formula is C20H14BrF3N4O4. The zero-order valence-corrected chi connectivity index (χ0v) is 17.8. The van der Waals surface area contributed by atoms with Gasteiger partial charge in [0.2, 0.25) is 0 Å². The number of nitrogens with one attached hydrogen (secondary N) is 1. The van der Waals surface area contributed by atoms with Gasteiger partial charge < -0.3 is 5.32 Å².